The highest BCUT2D eigenvalue weighted by Crippen LogP contribution is 2.24. The van der Waals surface area contributed by atoms with Crippen molar-refractivity contribution < 1.29 is 14.3 Å². The fourth-order valence-corrected chi connectivity index (χ4v) is 2.17. The Morgan fingerprint density at radius 2 is 1.65 bits per heavy atom. The van der Waals surface area contributed by atoms with Crippen LogP contribution in [0.2, 0.25) is 0 Å². The van der Waals surface area contributed by atoms with Crippen molar-refractivity contribution in [3.63, 3.8) is 0 Å². The zero-order valence-corrected chi connectivity index (χ0v) is 10.9. The van der Waals surface area contributed by atoms with Crippen molar-refractivity contribution in [2.24, 2.45) is 0 Å². The van der Waals surface area contributed by atoms with Gasteiger partial charge in [-0.2, -0.15) is 0 Å². The van der Waals surface area contributed by atoms with E-state index >= 15 is 0 Å². The lowest BCUT2D eigenvalue weighted by molar-refractivity contribution is 0.0947. The summed E-state index contributed by atoms with van der Waals surface area (Å²) in [6, 6.07) is 14.1. The van der Waals surface area contributed by atoms with Crippen molar-refractivity contribution in [2.45, 2.75) is 6.92 Å². The van der Waals surface area contributed by atoms with Crippen molar-refractivity contribution in [2.75, 3.05) is 0 Å². The molecule has 2 aromatic carbocycles. The first-order valence-corrected chi connectivity index (χ1v) is 6.29. The van der Waals surface area contributed by atoms with Crippen LogP contribution in [0, 0.1) is 6.92 Å². The molecule has 0 N–H and O–H groups in total. The van der Waals surface area contributed by atoms with Crippen LogP contribution >= 0.6 is 0 Å². The van der Waals surface area contributed by atoms with E-state index in [2.05, 4.69) is 0 Å². The van der Waals surface area contributed by atoms with E-state index in [1.807, 2.05) is 25.1 Å². The summed E-state index contributed by atoms with van der Waals surface area (Å²) >= 11 is 0. The van der Waals surface area contributed by atoms with Gasteiger partial charge in [0.05, 0.1) is 0 Å². The Labute approximate surface area is 116 Å². The zero-order valence-electron chi connectivity index (χ0n) is 10.9. The van der Waals surface area contributed by atoms with Crippen molar-refractivity contribution in [3.8, 4) is 5.75 Å². The molecule has 3 nitrogen and oxygen atoms in total. The number of ketones is 2. The van der Waals surface area contributed by atoms with E-state index in [9.17, 15) is 9.59 Å². The molecule has 0 aliphatic heterocycles. The summed E-state index contributed by atoms with van der Waals surface area (Å²) in [6.45, 7) is 1.93. The van der Waals surface area contributed by atoms with Crippen LogP contribution in [0.3, 0.4) is 0 Å². The first kappa shape index (κ1) is 12.4. The minimum Gasteiger partial charge on any atom is -0.453 e. The van der Waals surface area contributed by atoms with Crippen LogP contribution in [0.1, 0.15) is 26.3 Å². The third-order valence-electron chi connectivity index (χ3n) is 3.14. The number of allylic oxidation sites excluding steroid dienone is 2. The van der Waals surface area contributed by atoms with Crippen molar-refractivity contribution >= 4 is 11.6 Å². The molecule has 3 heteroatoms. The zero-order chi connectivity index (χ0) is 14.1. The quantitative estimate of drug-likeness (QED) is 0.835. The van der Waals surface area contributed by atoms with Gasteiger partial charge >= 0.3 is 0 Å². The van der Waals surface area contributed by atoms with Gasteiger partial charge in [-0.05, 0) is 24.6 Å². The van der Waals surface area contributed by atoms with E-state index < -0.39 is 0 Å². The molecule has 20 heavy (non-hydrogen) atoms. The molecule has 0 unspecified atom stereocenters. The Kier molecular flexibility index (Phi) is 2.95. The maximum absolute atomic E-state index is 12.3. The van der Waals surface area contributed by atoms with E-state index in [1.54, 1.807) is 30.3 Å². The van der Waals surface area contributed by atoms with E-state index in [-0.39, 0.29) is 17.3 Å². The molecule has 0 fully saturated rings. The van der Waals surface area contributed by atoms with E-state index in [0.29, 0.717) is 16.9 Å². The Hall–Kier alpha value is -2.68. The van der Waals surface area contributed by atoms with Gasteiger partial charge in [-0.15, -0.1) is 0 Å². The maximum Gasteiger partial charge on any atom is 0.229 e. The molecule has 1 aliphatic rings. The number of fused-ring (bicyclic) bond motifs is 1. The topological polar surface area (TPSA) is 43.4 Å². The molecule has 0 radical (unpaired) electrons. The predicted molar refractivity (Wildman–Crippen MR) is 75.0 cm³/mol. The van der Waals surface area contributed by atoms with Gasteiger partial charge in [0.2, 0.25) is 5.78 Å². The van der Waals surface area contributed by atoms with Crippen LogP contribution < -0.4 is 4.74 Å². The van der Waals surface area contributed by atoms with E-state index in [0.717, 1.165) is 5.56 Å². The molecular formula is C17H12O3. The molecule has 0 saturated carbocycles. The molecule has 0 spiro atoms. The second-order valence-electron chi connectivity index (χ2n) is 4.67. The smallest absolute Gasteiger partial charge is 0.229 e. The molecule has 0 aromatic heterocycles. The normalized spacial score (nSPS) is 13.8. The number of carbonyl (C=O) groups excluding carboxylic acids is 2. The Bertz CT molecular complexity index is 741. The minimum atomic E-state index is -0.262. The summed E-state index contributed by atoms with van der Waals surface area (Å²) < 4.78 is 5.57. The van der Waals surface area contributed by atoms with Gasteiger partial charge in [0, 0.05) is 17.2 Å². The Balaban J connectivity index is 1.96. The third kappa shape index (κ3) is 2.14. The summed E-state index contributed by atoms with van der Waals surface area (Å²) in [5.41, 5.74) is 1.84. The standard InChI is InChI=1S/C17H12O3/c1-11-5-4-6-12(9-11)20-16-10-15(18)13-7-2-3-8-14(13)17(16)19/h2-10H,1H3. The summed E-state index contributed by atoms with van der Waals surface area (Å²) in [6.07, 6.45) is 1.26. The second kappa shape index (κ2) is 4.78. The highest BCUT2D eigenvalue weighted by Gasteiger charge is 2.26. The number of ether oxygens (including phenoxy) is 1. The summed E-state index contributed by atoms with van der Waals surface area (Å²) in [5, 5.41) is 0. The Morgan fingerprint density at radius 1 is 0.900 bits per heavy atom. The maximum atomic E-state index is 12.3. The van der Waals surface area contributed by atoms with Gasteiger partial charge < -0.3 is 4.74 Å². The first-order valence-electron chi connectivity index (χ1n) is 6.29. The molecule has 0 heterocycles. The van der Waals surface area contributed by atoms with Gasteiger partial charge in [0.1, 0.15) is 5.75 Å². The number of aryl methyl sites for hydroxylation is 1. The fourth-order valence-electron chi connectivity index (χ4n) is 2.17. The van der Waals surface area contributed by atoms with Crippen molar-refractivity contribution in [1.29, 1.82) is 0 Å². The number of benzene rings is 2. The summed E-state index contributed by atoms with van der Waals surface area (Å²) in [7, 11) is 0. The monoisotopic (exact) mass is 264 g/mol. The van der Waals surface area contributed by atoms with Crippen LogP contribution in [-0.2, 0) is 0 Å². The number of carbonyl (C=O) groups is 2. The lowest BCUT2D eigenvalue weighted by Crippen LogP contribution is -2.20. The number of hydrogen-bond donors (Lipinski definition) is 0. The van der Waals surface area contributed by atoms with Gasteiger partial charge in [-0.3, -0.25) is 9.59 Å². The summed E-state index contributed by atoms with van der Waals surface area (Å²) in [4.78, 5) is 24.3. The largest absolute Gasteiger partial charge is 0.453 e. The molecule has 98 valence electrons. The van der Waals surface area contributed by atoms with Gasteiger partial charge in [-0.25, -0.2) is 0 Å². The van der Waals surface area contributed by atoms with Gasteiger partial charge in [0.15, 0.2) is 11.5 Å². The first-order chi connectivity index (χ1) is 9.65. The van der Waals surface area contributed by atoms with Crippen LogP contribution in [0.25, 0.3) is 0 Å². The molecule has 0 atom stereocenters. The molecule has 2 aromatic rings. The lowest BCUT2D eigenvalue weighted by atomic mass is 9.94. The fraction of sp³-hybridized carbons (Fsp3) is 0.0588. The highest BCUT2D eigenvalue weighted by atomic mass is 16.5. The Morgan fingerprint density at radius 3 is 2.40 bits per heavy atom. The minimum absolute atomic E-state index is 0.0688. The second-order valence-corrected chi connectivity index (χ2v) is 4.67. The highest BCUT2D eigenvalue weighted by molar-refractivity contribution is 6.23. The summed E-state index contributed by atoms with van der Waals surface area (Å²) in [5.74, 6) is 0.153. The van der Waals surface area contributed by atoms with E-state index in [1.165, 1.54) is 6.08 Å². The molecule has 0 saturated heterocycles. The van der Waals surface area contributed by atoms with Crippen molar-refractivity contribution in [3.05, 3.63) is 77.1 Å². The molecule has 0 amide bonds. The third-order valence-corrected chi connectivity index (χ3v) is 3.14. The van der Waals surface area contributed by atoms with Crippen LogP contribution in [0.4, 0.5) is 0 Å². The SMILES string of the molecule is Cc1cccc(OC2=CC(=O)c3ccccc3C2=O)c1. The predicted octanol–water partition coefficient (Wildman–Crippen LogP) is 3.34. The van der Waals surface area contributed by atoms with Crippen LogP contribution in [0.15, 0.2) is 60.4 Å². The van der Waals surface area contributed by atoms with Gasteiger partial charge in [-0.1, -0.05) is 36.4 Å². The number of Topliss-reactive ketones (excluding diaryl/α,β-unsaturated/α-hetero) is 1. The van der Waals surface area contributed by atoms with Crippen molar-refractivity contribution in [1.82, 2.24) is 0 Å². The van der Waals surface area contributed by atoms with Gasteiger partial charge in [0.25, 0.3) is 0 Å². The molecule has 1 aliphatic carbocycles. The number of rotatable bonds is 2. The molecule has 3 rings (SSSR count). The average molecular weight is 264 g/mol. The molecule has 0 bridgehead atoms. The average Bonchev–Trinajstić information content (AvgIpc) is 2.45. The van der Waals surface area contributed by atoms with Crippen LogP contribution in [0.5, 0.6) is 5.75 Å². The lowest BCUT2D eigenvalue weighted by Gasteiger charge is -2.15. The molecular weight excluding hydrogens is 252 g/mol. The van der Waals surface area contributed by atoms with Crippen LogP contribution in [-0.4, -0.2) is 11.6 Å². The number of hydrogen-bond acceptors (Lipinski definition) is 3. The van der Waals surface area contributed by atoms with E-state index in [4.69, 9.17) is 4.74 Å².